The quantitative estimate of drug-likeness (QED) is 0.871. The molecule has 0 atom stereocenters. The van der Waals surface area contributed by atoms with Gasteiger partial charge in [0, 0.05) is 5.02 Å². The van der Waals surface area contributed by atoms with E-state index in [1.165, 1.54) is 19.1 Å². The average Bonchev–Trinajstić information content (AvgIpc) is 2.30. The molecule has 1 aromatic rings. The minimum absolute atomic E-state index is 0.0500. The van der Waals surface area contributed by atoms with E-state index >= 15 is 0 Å². The molecule has 1 N–H and O–H groups in total. The summed E-state index contributed by atoms with van der Waals surface area (Å²) in [5.41, 5.74) is 0.0762. The summed E-state index contributed by atoms with van der Waals surface area (Å²) in [6.07, 6.45) is -0.0692. The minimum atomic E-state index is -3.64. The van der Waals surface area contributed by atoms with Gasteiger partial charge in [0.25, 0.3) is 0 Å². The van der Waals surface area contributed by atoms with Crippen LogP contribution in [0.3, 0.4) is 0 Å². The highest BCUT2D eigenvalue weighted by Gasteiger charge is 2.22. The topological polar surface area (TPSA) is 80.7 Å². The summed E-state index contributed by atoms with van der Waals surface area (Å²) in [7, 11) is -3.64. The van der Waals surface area contributed by atoms with Gasteiger partial charge in [0.1, 0.15) is 0 Å². The Labute approximate surface area is 123 Å². The van der Waals surface area contributed by atoms with Crippen LogP contribution in [0, 0.1) is 6.92 Å². The Hall–Kier alpha value is -1.11. The van der Waals surface area contributed by atoms with Gasteiger partial charge in [-0.05, 0) is 38.5 Å². The molecule has 112 valence electrons. The standard InChI is InChI=1S/C13H17ClO5S/c1-8(2)19-4-5-20(17,18)12-7-10(14)6-11(9(12)3)13(15)16/h6-8H,4-5H2,1-3H3,(H,15,16). The van der Waals surface area contributed by atoms with E-state index in [-0.39, 0.29) is 39.5 Å². The van der Waals surface area contributed by atoms with E-state index in [0.29, 0.717) is 0 Å². The molecule has 0 saturated heterocycles. The van der Waals surface area contributed by atoms with Crippen LogP contribution in [0.5, 0.6) is 0 Å². The van der Waals surface area contributed by atoms with Gasteiger partial charge in [-0.25, -0.2) is 13.2 Å². The number of rotatable bonds is 6. The summed E-state index contributed by atoms with van der Waals surface area (Å²) >= 11 is 5.80. The molecule has 20 heavy (non-hydrogen) atoms. The SMILES string of the molecule is Cc1c(C(=O)O)cc(Cl)cc1S(=O)(=O)CCOC(C)C. The van der Waals surface area contributed by atoms with Gasteiger partial charge >= 0.3 is 5.97 Å². The van der Waals surface area contributed by atoms with Gasteiger partial charge < -0.3 is 9.84 Å². The molecule has 0 aliphatic heterocycles. The van der Waals surface area contributed by atoms with Crippen molar-refractivity contribution < 1.29 is 23.1 Å². The van der Waals surface area contributed by atoms with Crippen molar-refractivity contribution in [1.82, 2.24) is 0 Å². The molecule has 0 spiro atoms. The molecule has 0 amide bonds. The van der Waals surface area contributed by atoms with Crippen molar-refractivity contribution in [3.63, 3.8) is 0 Å². The first-order chi connectivity index (χ1) is 9.15. The molecule has 7 heteroatoms. The molecule has 0 bridgehead atoms. The lowest BCUT2D eigenvalue weighted by molar-refractivity contribution is 0.0695. The largest absolute Gasteiger partial charge is 0.478 e. The van der Waals surface area contributed by atoms with Crippen LogP contribution < -0.4 is 0 Å². The van der Waals surface area contributed by atoms with E-state index in [4.69, 9.17) is 21.4 Å². The van der Waals surface area contributed by atoms with Crippen LogP contribution in [0.1, 0.15) is 29.8 Å². The van der Waals surface area contributed by atoms with E-state index in [1.54, 1.807) is 13.8 Å². The van der Waals surface area contributed by atoms with Crippen LogP contribution in [0.4, 0.5) is 0 Å². The Kier molecular flexibility index (Phi) is 5.56. The fourth-order valence-electron chi connectivity index (χ4n) is 1.70. The Balaban J connectivity index is 3.15. The maximum absolute atomic E-state index is 12.2. The van der Waals surface area contributed by atoms with E-state index < -0.39 is 15.8 Å². The Morgan fingerprint density at radius 2 is 2.00 bits per heavy atom. The first-order valence-corrected chi connectivity index (χ1v) is 8.06. The summed E-state index contributed by atoms with van der Waals surface area (Å²) in [6.45, 7) is 5.11. The van der Waals surface area contributed by atoms with Crippen LogP contribution in [-0.4, -0.2) is 38.0 Å². The molecule has 0 heterocycles. The molecule has 1 aromatic carbocycles. The van der Waals surface area contributed by atoms with Gasteiger partial charge in [-0.2, -0.15) is 0 Å². The lowest BCUT2D eigenvalue weighted by Gasteiger charge is -2.12. The predicted octanol–water partition coefficient (Wildman–Crippen LogP) is 2.55. The van der Waals surface area contributed by atoms with Crippen molar-refractivity contribution in [2.24, 2.45) is 0 Å². The number of hydrogen-bond acceptors (Lipinski definition) is 4. The Bertz CT molecular complexity index is 607. The zero-order valence-electron chi connectivity index (χ0n) is 11.5. The van der Waals surface area contributed by atoms with E-state index in [9.17, 15) is 13.2 Å². The van der Waals surface area contributed by atoms with Crippen LogP contribution in [0.2, 0.25) is 5.02 Å². The highest BCUT2D eigenvalue weighted by molar-refractivity contribution is 7.91. The van der Waals surface area contributed by atoms with E-state index in [0.717, 1.165) is 0 Å². The smallest absolute Gasteiger partial charge is 0.336 e. The Morgan fingerprint density at radius 3 is 2.50 bits per heavy atom. The van der Waals surface area contributed by atoms with Crippen LogP contribution in [-0.2, 0) is 14.6 Å². The van der Waals surface area contributed by atoms with Crippen LogP contribution >= 0.6 is 11.6 Å². The number of halogens is 1. The number of carboxylic acid groups (broad SMARTS) is 1. The fraction of sp³-hybridized carbons (Fsp3) is 0.462. The number of carbonyl (C=O) groups is 1. The molecule has 0 aromatic heterocycles. The molecule has 0 aliphatic rings. The van der Waals surface area contributed by atoms with Gasteiger partial charge in [-0.1, -0.05) is 11.6 Å². The van der Waals surface area contributed by atoms with E-state index in [2.05, 4.69) is 0 Å². The normalized spacial score (nSPS) is 11.8. The lowest BCUT2D eigenvalue weighted by Crippen LogP contribution is -2.17. The third kappa shape index (κ3) is 4.19. The van der Waals surface area contributed by atoms with Crippen molar-refractivity contribution in [2.45, 2.75) is 31.8 Å². The summed E-state index contributed by atoms with van der Waals surface area (Å²) in [5.74, 6) is -1.43. The van der Waals surface area contributed by atoms with Gasteiger partial charge in [-0.3, -0.25) is 0 Å². The van der Waals surface area contributed by atoms with Crippen molar-refractivity contribution >= 4 is 27.4 Å². The van der Waals surface area contributed by atoms with Crippen LogP contribution in [0.25, 0.3) is 0 Å². The Morgan fingerprint density at radius 1 is 1.40 bits per heavy atom. The molecule has 5 nitrogen and oxygen atoms in total. The molecule has 0 fully saturated rings. The average molecular weight is 321 g/mol. The third-order valence-corrected chi connectivity index (χ3v) is 4.71. The number of aromatic carboxylic acids is 1. The van der Waals surface area contributed by atoms with Crippen molar-refractivity contribution in [3.05, 3.63) is 28.3 Å². The first kappa shape index (κ1) is 16.9. The predicted molar refractivity (Wildman–Crippen MR) is 76.3 cm³/mol. The first-order valence-electron chi connectivity index (χ1n) is 6.03. The summed E-state index contributed by atoms with van der Waals surface area (Å²) in [6, 6.07) is 2.51. The van der Waals surface area contributed by atoms with Crippen LogP contribution in [0.15, 0.2) is 17.0 Å². The summed E-state index contributed by atoms with van der Waals surface area (Å²) in [5, 5.41) is 9.13. The monoisotopic (exact) mass is 320 g/mol. The van der Waals surface area contributed by atoms with Crippen molar-refractivity contribution in [2.75, 3.05) is 12.4 Å². The van der Waals surface area contributed by atoms with Gasteiger partial charge in [0.2, 0.25) is 0 Å². The molecular weight excluding hydrogens is 304 g/mol. The van der Waals surface area contributed by atoms with Gasteiger partial charge in [0.05, 0.1) is 28.9 Å². The second-order valence-electron chi connectivity index (χ2n) is 4.62. The number of sulfone groups is 1. The minimum Gasteiger partial charge on any atom is -0.478 e. The molecule has 0 radical (unpaired) electrons. The summed E-state index contributed by atoms with van der Waals surface area (Å²) in [4.78, 5) is 11.0. The summed E-state index contributed by atoms with van der Waals surface area (Å²) < 4.78 is 29.7. The molecule has 0 saturated carbocycles. The van der Waals surface area contributed by atoms with Crippen molar-refractivity contribution in [3.8, 4) is 0 Å². The molecule has 0 aliphatic carbocycles. The van der Waals surface area contributed by atoms with Gasteiger partial charge in [0.15, 0.2) is 9.84 Å². The third-order valence-electron chi connectivity index (χ3n) is 2.69. The molecule has 1 rings (SSSR count). The fourth-order valence-corrected chi connectivity index (χ4v) is 3.40. The highest BCUT2D eigenvalue weighted by atomic mass is 35.5. The number of hydrogen-bond donors (Lipinski definition) is 1. The molecule has 0 unspecified atom stereocenters. The van der Waals surface area contributed by atoms with Gasteiger partial charge in [-0.15, -0.1) is 0 Å². The zero-order chi connectivity index (χ0) is 15.5. The second-order valence-corrected chi connectivity index (χ2v) is 7.13. The van der Waals surface area contributed by atoms with Crippen molar-refractivity contribution in [1.29, 1.82) is 0 Å². The number of carboxylic acids is 1. The number of ether oxygens (including phenoxy) is 1. The highest BCUT2D eigenvalue weighted by Crippen LogP contribution is 2.25. The lowest BCUT2D eigenvalue weighted by atomic mass is 10.1. The molecular formula is C13H17ClO5S. The number of benzene rings is 1. The maximum atomic E-state index is 12.2. The maximum Gasteiger partial charge on any atom is 0.336 e. The second kappa shape index (κ2) is 6.56. The van der Waals surface area contributed by atoms with E-state index in [1.807, 2.05) is 0 Å². The zero-order valence-corrected chi connectivity index (χ0v) is 13.1.